The molecule has 0 radical (unpaired) electrons. The Morgan fingerprint density at radius 1 is 1.15 bits per heavy atom. The molecule has 1 rings (SSSR count). The third-order valence-corrected chi connectivity index (χ3v) is 4.42. The van der Waals surface area contributed by atoms with Crippen molar-refractivity contribution in [3.8, 4) is 0 Å². The summed E-state index contributed by atoms with van der Waals surface area (Å²) in [5.74, 6) is 0.340. The highest BCUT2D eigenvalue weighted by molar-refractivity contribution is 14.0. The predicted octanol–water partition coefficient (Wildman–Crippen LogP) is 2.64. The third-order valence-electron chi connectivity index (χ3n) is 4.42. The van der Waals surface area contributed by atoms with Crippen molar-refractivity contribution < 1.29 is 19.1 Å². The van der Waals surface area contributed by atoms with Gasteiger partial charge in [-0.15, -0.1) is 24.0 Å². The molecule has 1 saturated heterocycles. The molecule has 3 N–H and O–H groups in total. The molecule has 0 atom stereocenters. The Bertz CT molecular complexity index is 455. The van der Waals surface area contributed by atoms with Crippen LogP contribution in [0.2, 0.25) is 0 Å². The van der Waals surface area contributed by atoms with E-state index in [1.54, 1.807) is 4.90 Å². The Labute approximate surface area is 179 Å². The highest BCUT2D eigenvalue weighted by Crippen LogP contribution is 2.11. The lowest BCUT2D eigenvalue weighted by molar-refractivity contribution is -0.140. The van der Waals surface area contributed by atoms with Gasteiger partial charge in [-0.2, -0.15) is 0 Å². The second-order valence-corrected chi connectivity index (χ2v) is 6.47. The molecule has 27 heavy (non-hydrogen) atoms. The number of carbonyl (C=O) groups excluding carboxylic acids is 2. The Kier molecular flexibility index (Phi) is 15.0. The maximum atomic E-state index is 11.7. The van der Waals surface area contributed by atoms with E-state index in [0.29, 0.717) is 38.6 Å². The summed E-state index contributed by atoms with van der Waals surface area (Å²) < 4.78 is 9.62. The number of aliphatic imine (C=N–C) groups is 1. The van der Waals surface area contributed by atoms with E-state index in [0.717, 1.165) is 44.9 Å². The number of amides is 1. The van der Waals surface area contributed by atoms with Gasteiger partial charge >= 0.3 is 12.1 Å². The summed E-state index contributed by atoms with van der Waals surface area (Å²) in [4.78, 5) is 28.7. The Hall–Kier alpha value is -1.26. The number of likely N-dealkylation sites (tertiary alicyclic amines) is 1. The average molecular weight is 498 g/mol. The Balaban J connectivity index is 0.00000676. The van der Waals surface area contributed by atoms with Crippen molar-refractivity contribution in [1.29, 1.82) is 0 Å². The summed E-state index contributed by atoms with van der Waals surface area (Å²) >= 11 is 0. The van der Waals surface area contributed by atoms with Gasteiger partial charge in [0.2, 0.25) is 0 Å². The van der Waals surface area contributed by atoms with Crippen LogP contribution in [-0.4, -0.2) is 62.3 Å². The normalized spacial score (nSPS) is 15.0. The van der Waals surface area contributed by atoms with Crippen LogP contribution in [0, 0.1) is 0 Å². The fourth-order valence-electron chi connectivity index (χ4n) is 2.89. The number of nitrogens with one attached hydrogen (secondary N) is 1. The zero-order chi connectivity index (χ0) is 19.2. The standard InChI is InChI=1S/C18H34N4O4.HI/c1-3-26-18(24)22-13-10-15(11-14-22)21-17(19)20-12-8-6-4-5-7-9-16(23)25-2;/h15H,3-14H2,1-2H3,(H3,19,20,21);1H. The Morgan fingerprint density at radius 2 is 1.78 bits per heavy atom. The molecule has 0 aliphatic carbocycles. The van der Waals surface area contributed by atoms with Gasteiger partial charge in [0, 0.05) is 32.1 Å². The molecule has 8 nitrogen and oxygen atoms in total. The molecule has 1 amide bonds. The van der Waals surface area contributed by atoms with Gasteiger partial charge in [0.15, 0.2) is 5.96 Å². The van der Waals surface area contributed by atoms with Gasteiger partial charge in [-0.3, -0.25) is 9.79 Å². The van der Waals surface area contributed by atoms with E-state index >= 15 is 0 Å². The molecule has 1 aliphatic rings. The molecule has 9 heteroatoms. The van der Waals surface area contributed by atoms with Gasteiger partial charge in [0.1, 0.15) is 0 Å². The van der Waals surface area contributed by atoms with Crippen LogP contribution in [0.3, 0.4) is 0 Å². The van der Waals surface area contributed by atoms with Crippen LogP contribution in [-0.2, 0) is 14.3 Å². The van der Waals surface area contributed by atoms with E-state index in [1.165, 1.54) is 7.11 Å². The summed E-state index contributed by atoms with van der Waals surface area (Å²) in [7, 11) is 1.42. The number of methoxy groups -OCH3 is 1. The summed E-state index contributed by atoms with van der Waals surface area (Å²) in [5.41, 5.74) is 5.94. The van der Waals surface area contributed by atoms with Crippen molar-refractivity contribution >= 4 is 42.0 Å². The van der Waals surface area contributed by atoms with E-state index in [4.69, 9.17) is 10.5 Å². The topological polar surface area (TPSA) is 106 Å². The third kappa shape index (κ3) is 11.9. The first-order valence-corrected chi connectivity index (χ1v) is 9.61. The van der Waals surface area contributed by atoms with E-state index in [2.05, 4.69) is 15.0 Å². The number of hydrogen-bond acceptors (Lipinski definition) is 5. The second-order valence-electron chi connectivity index (χ2n) is 6.47. The number of guanidine groups is 1. The molecule has 1 aliphatic heterocycles. The van der Waals surface area contributed by atoms with Crippen molar-refractivity contribution in [3.63, 3.8) is 0 Å². The largest absolute Gasteiger partial charge is 0.469 e. The summed E-state index contributed by atoms with van der Waals surface area (Å²) in [6.07, 6.45) is 7.02. The molecular weight excluding hydrogens is 463 g/mol. The van der Waals surface area contributed by atoms with E-state index in [-0.39, 0.29) is 42.1 Å². The molecule has 0 bridgehead atoms. The van der Waals surface area contributed by atoms with Gasteiger partial charge in [0.25, 0.3) is 0 Å². The zero-order valence-corrected chi connectivity index (χ0v) is 18.9. The number of unbranched alkanes of at least 4 members (excludes halogenated alkanes) is 4. The van der Waals surface area contributed by atoms with Crippen molar-refractivity contribution in [2.45, 2.75) is 64.3 Å². The smallest absolute Gasteiger partial charge is 0.409 e. The number of rotatable bonds is 10. The maximum absolute atomic E-state index is 11.7. The number of esters is 1. The van der Waals surface area contributed by atoms with Crippen molar-refractivity contribution in [3.05, 3.63) is 0 Å². The number of ether oxygens (including phenoxy) is 2. The minimum Gasteiger partial charge on any atom is -0.469 e. The molecule has 0 aromatic rings. The highest BCUT2D eigenvalue weighted by atomic mass is 127. The van der Waals surface area contributed by atoms with Crippen molar-refractivity contribution in [1.82, 2.24) is 10.2 Å². The molecule has 1 fully saturated rings. The quantitative estimate of drug-likeness (QED) is 0.158. The van der Waals surface area contributed by atoms with Gasteiger partial charge in [-0.1, -0.05) is 19.3 Å². The second kappa shape index (κ2) is 15.8. The molecule has 0 unspecified atom stereocenters. The molecular formula is C18H35IN4O4. The fraction of sp³-hybridized carbons (Fsp3) is 0.833. The fourth-order valence-corrected chi connectivity index (χ4v) is 2.89. The number of piperidine rings is 1. The van der Waals surface area contributed by atoms with Gasteiger partial charge < -0.3 is 25.4 Å². The molecule has 0 aromatic carbocycles. The lowest BCUT2D eigenvalue weighted by Crippen LogP contribution is -2.48. The molecule has 0 saturated carbocycles. The lowest BCUT2D eigenvalue weighted by atomic mass is 10.1. The van der Waals surface area contributed by atoms with Crippen LogP contribution in [0.5, 0.6) is 0 Å². The van der Waals surface area contributed by atoms with Crippen LogP contribution < -0.4 is 11.1 Å². The summed E-state index contributed by atoms with van der Waals surface area (Å²) in [6, 6.07) is 0.253. The molecule has 158 valence electrons. The zero-order valence-electron chi connectivity index (χ0n) is 16.6. The number of nitrogens with zero attached hydrogens (tertiary/aromatic N) is 2. The van der Waals surface area contributed by atoms with E-state index in [9.17, 15) is 9.59 Å². The monoisotopic (exact) mass is 498 g/mol. The van der Waals surface area contributed by atoms with Crippen molar-refractivity contribution in [2.75, 3.05) is 33.4 Å². The van der Waals surface area contributed by atoms with Crippen molar-refractivity contribution in [2.24, 2.45) is 10.7 Å². The van der Waals surface area contributed by atoms with Crippen LogP contribution in [0.4, 0.5) is 4.79 Å². The van der Waals surface area contributed by atoms with Crippen LogP contribution in [0.15, 0.2) is 4.99 Å². The molecule has 0 aromatic heterocycles. The summed E-state index contributed by atoms with van der Waals surface area (Å²) in [6.45, 7) is 4.27. The molecule has 1 heterocycles. The predicted molar refractivity (Wildman–Crippen MR) is 116 cm³/mol. The van der Waals surface area contributed by atoms with E-state index in [1.807, 2.05) is 6.92 Å². The van der Waals surface area contributed by atoms with Gasteiger partial charge in [0.05, 0.1) is 13.7 Å². The first-order chi connectivity index (χ1) is 12.6. The van der Waals surface area contributed by atoms with Gasteiger partial charge in [-0.25, -0.2) is 4.79 Å². The average Bonchev–Trinajstić information content (AvgIpc) is 2.64. The number of nitrogens with two attached hydrogens (primary N) is 1. The lowest BCUT2D eigenvalue weighted by Gasteiger charge is -2.31. The first-order valence-electron chi connectivity index (χ1n) is 9.61. The van der Waals surface area contributed by atoms with Crippen LogP contribution in [0.1, 0.15) is 58.3 Å². The summed E-state index contributed by atoms with van der Waals surface area (Å²) in [5, 5.41) is 3.24. The van der Waals surface area contributed by atoms with Gasteiger partial charge in [-0.05, 0) is 32.6 Å². The minimum absolute atomic E-state index is 0. The van der Waals surface area contributed by atoms with E-state index < -0.39 is 0 Å². The Morgan fingerprint density at radius 3 is 2.41 bits per heavy atom. The minimum atomic E-state index is -0.237. The molecule has 0 spiro atoms. The first kappa shape index (κ1) is 25.7. The number of halogens is 1. The highest BCUT2D eigenvalue weighted by Gasteiger charge is 2.23. The maximum Gasteiger partial charge on any atom is 0.409 e. The van der Waals surface area contributed by atoms with Crippen LogP contribution >= 0.6 is 24.0 Å². The number of carbonyl (C=O) groups is 2. The van der Waals surface area contributed by atoms with Crippen LogP contribution in [0.25, 0.3) is 0 Å². The SMILES string of the molecule is CCOC(=O)N1CCC(NC(N)=NCCCCCCCC(=O)OC)CC1.I. The number of hydrogen-bond donors (Lipinski definition) is 2.